The molecule has 1 aromatic heterocycles. The summed E-state index contributed by atoms with van der Waals surface area (Å²) in [6.45, 7) is 0. The average molecular weight is 416 g/mol. The summed E-state index contributed by atoms with van der Waals surface area (Å²) in [5, 5.41) is 7.63. The van der Waals surface area contributed by atoms with Gasteiger partial charge in [-0.3, -0.25) is 4.79 Å². The molecule has 0 fully saturated rings. The van der Waals surface area contributed by atoms with Crippen LogP contribution < -0.4 is 14.8 Å². The van der Waals surface area contributed by atoms with Gasteiger partial charge in [-0.2, -0.15) is 5.10 Å². The SMILES string of the molecule is COc1cc(NC(=O)c2nn(-c3ccccc3F)c3c2CCC3)c(OC)cc1Cl. The number of hydrogen-bond donors (Lipinski definition) is 1. The van der Waals surface area contributed by atoms with Crippen LogP contribution in [0, 0.1) is 5.82 Å². The highest BCUT2D eigenvalue weighted by molar-refractivity contribution is 6.32. The van der Waals surface area contributed by atoms with Crippen LogP contribution in [0.2, 0.25) is 5.02 Å². The first-order valence-electron chi connectivity index (χ1n) is 9.12. The van der Waals surface area contributed by atoms with E-state index in [1.807, 2.05) is 0 Å². The van der Waals surface area contributed by atoms with E-state index in [-0.39, 0.29) is 11.5 Å². The van der Waals surface area contributed by atoms with E-state index < -0.39 is 5.91 Å². The van der Waals surface area contributed by atoms with Gasteiger partial charge >= 0.3 is 0 Å². The maximum atomic E-state index is 14.3. The summed E-state index contributed by atoms with van der Waals surface area (Å²) in [5.41, 5.74) is 2.71. The van der Waals surface area contributed by atoms with Crippen molar-refractivity contribution in [1.82, 2.24) is 9.78 Å². The maximum absolute atomic E-state index is 14.3. The molecule has 0 radical (unpaired) electrons. The topological polar surface area (TPSA) is 65.4 Å². The standard InChI is InChI=1S/C21H19ClFN3O3/c1-28-18-11-15(19(29-2)10-13(18)22)24-21(27)20-12-6-5-9-16(12)26(25-20)17-8-4-3-7-14(17)23/h3-4,7-8,10-11H,5-6,9H2,1-2H3,(H,24,27). The zero-order valence-corrected chi connectivity index (χ0v) is 16.7. The summed E-state index contributed by atoms with van der Waals surface area (Å²) in [7, 11) is 2.97. The lowest BCUT2D eigenvalue weighted by Crippen LogP contribution is -2.16. The molecule has 1 aliphatic carbocycles. The van der Waals surface area contributed by atoms with Crippen LogP contribution >= 0.6 is 11.6 Å². The van der Waals surface area contributed by atoms with Crippen LogP contribution in [-0.4, -0.2) is 29.9 Å². The average Bonchev–Trinajstić information content (AvgIpc) is 3.32. The summed E-state index contributed by atoms with van der Waals surface area (Å²) < 4.78 is 26.4. The van der Waals surface area contributed by atoms with Gasteiger partial charge in [0.25, 0.3) is 5.91 Å². The Labute approximate surface area is 172 Å². The van der Waals surface area contributed by atoms with Gasteiger partial charge < -0.3 is 14.8 Å². The molecule has 8 heteroatoms. The van der Waals surface area contributed by atoms with Crippen molar-refractivity contribution in [2.75, 3.05) is 19.5 Å². The number of halogens is 2. The monoisotopic (exact) mass is 415 g/mol. The molecule has 150 valence electrons. The van der Waals surface area contributed by atoms with E-state index in [4.69, 9.17) is 21.1 Å². The predicted octanol–water partition coefficient (Wildman–Crippen LogP) is 4.42. The van der Waals surface area contributed by atoms with Crippen LogP contribution in [0.1, 0.15) is 28.2 Å². The fourth-order valence-electron chi connectivity index (χ4n) is 3.58. The van der Waals surface area contributed by atoms with Gasteiger partial charge in [0.1, 0.15) is 23.0 Å². The van der Waals surface area contributed by atoms with E-state index >= 15 is 0 Å². The fraction of sp³-hybridized carbons (Fsp3) is 0.238. The molecule has 29 heavy (non-hydrogen) atoms. The molecule has 0 atom stereocenters. The van der Waals surface area contributed by atoms with Gasteiger partial charge in [-0.25, -0.2) is 9.07 Å². The number of methoxy groups -OCH3 is 2. The second kappa shape index (κ2) is 7.75. The Bertz CT molecular complexity index is 1100. The van der Waals surface area contributed by atoms with E-state index in [9.17, 15) is 9.18 Å². The third-order valence-corrected chi connectivity index (χ3v) is 5.24. The molecular weight excluding hydrogens is 397 g/mol. The van der Waals surface area contributed by atoms with Crippen LogP contribution in [0.25, 0.3) is 5.69 Å². The molecule has 3 aromatic rings. The number of fused-ring (bicyclic) bond motifs is 1. The van der Waals surface area contributed by atoms with Crippen LogP contribution in [0.3, 0.4) is 0 Å². The quantitative estimate of drug-likeness (QED) is 0.669. The Kier molecular flexibility index (Phi) is 5.15. The number of rotatable bonds is 5. The van der Waals surface area contributed by atoms with Crippen molar-refractivity contribution >= 4 is 23.2 Å². The van der Waals surface area contributed by atoms with Crippen molar-refractivity contribution in [3.63, 3.8) is 0 Å². The molecule has 0 spiro atoms. The van der Waals surface area contributed by atoms with Crippen LogP contribution in [0.4, 0.5) is 10.1 Å². The van der Waals surface area contributed by atoms with Crippen molar-refractivity contribution < 1.29 is 18.7 Å². The number of para-hydroxylation sites is 1. The number of aromatic nitrogens is 2. The summed E-state index contributed by atoms with van der Waals surface area (Å²) in [5.74, 6) is 0.0147. The number of anilines is 1. The zero-order valence-electron chi connectivity index (χ0n) is 16.0. The minimum Gasteiger partial charge on any atom is -0.495 e. The Hall–Kier alpha value is -3.06. The number of nitrogens with one attached hydrogen (secondary N) is 1. The third kappa shape index (κ3) is 3.42. The van der Waals surface area contributed by atoms with Crippen molar-refractivity contribution in [3.05, 3.63) is 64.2 Å². The van der Waals surface area contributed by atoms with E-state index in [2.05, 4.69) is 10.4 Å². The van der Waals surface area contributed by atoms with E-state index in [1.54, 1.807) is 30.3 Å². The molecule has 1 N–H and O–H groups in total. The molecule has 4 rings (SSSR count). The summed E-state index contributed by atoms with van der Waals surface area (Å²) in [6.07, 6.45) is 2.34. The first kappa shape index (κ1) is 19.3. The predicted molar refractivity (Wildman–Crippen MR) is 108 cm³/mol. The minimum atomic E-state index is -0.402. The minimum absolute atomic E-state index is 0.275. The van der Waals surface area contributed by atoms with E-state index in [1.165, 1.54) is 25.0 Å². The Morgan fingerprint density at radius 2 is 1.93 bits per heavy atom. The normalized spacial score (nSPS) is 12.6. The zero-order chi connectivity index (χ0) is 20.5. The van der Waals surface area contributed by atoms with Crippen molar-refractivity contribution in [3.8, 4) is 17.2 Å². The second-order valence-corrected chi connectivity index (χ2v) is 7.04. The van der Waals surface area contributed by atoms with Crippen molar-refractivity contribution in [2.24, 2.45) is 0 Å². The van der Waals surface area contributed by atoms with Gasteiger partial charge in [0.05, 0.1) is 24.9 Å². The Balaban J connectivity index is 1.73. The Morgan fingerprint density at radius 1 is 1.17 bits per heavy atom. The Morgan fingerprint density at radius 3 is 2.66 bits per heavy atom. The molecule has 1 aliphatic rings. The summed E-state index contributed by atoms with van der Waals surface area (Å²) in [6, 6.07) is 9.55. The number of ether oxygens (including phenoxy) is 2. The van der Waals surface area contributed by atoms with Gasteiger partial charge in [-0.1, -0.05) is 23.7 Å². The van der Waals surface area contributed by atoms with Crippen molar-refractivity contribution in [1.29, 1.82) is 0 Å². The second-order valence-electron chi connectivity index (χ2n) is 6.63. The van der Waals surface area contributed by atoms with E-state index in [0.29, 0.717) is 34.3 Å². The lowest BCUT2D eigenvalue weighted by molar-refractivity contribution is 0.102. The molecule has 1 amide bonds. The van der Waals surface area contributed by atoms with Crippen LogP contribution in [0.5, 0.6) is 11.5 Å². The van der Waals surface area contributed by atoms with Gasteiger partial charge in [0.2, 0.25) is 0 Å². The summed E-state index contributed by atoms with van der Waals surface area (Å²) >= 11 is 6.13. The molecule has 0 saturated heterocycles. The van der Waals surface area contributed by atoms with Gasteiger partial charge in [-0.05, 0) is 31.4 Å². The molecule has 0 aliphatic heterocycles. The number of benzene rings is 2. The summed E-state index contributed by atoms with van der Waals surface area (Å²) in [4.78, 5) is 13.0. The number of carbonyl (C=O) groups excluding carboxylic acids is 1. The molecule has 0 saturated carbocycles. The molecule has 0 bridgehead atoms. The lowest BCUT2D eigenvalue weighted by Gasteiger charge is -2.13. The first-order valence-corrected chi connectivity index (χ1v) is 9.49. The number of nitrogens with zero attached hydrogens (tertiary/aromatic N) is 2. The molecule has 1 heterocycles. The van der Waals surface area contributed by atoms with Gasteiger partial charge in [0, 0.05) is 23.4 Å². The third-order valence-electron chi connectivity index (χ3n) is 4.95. The largest absolute Gasteiger partial charge is 0.495 e. The van der Waals surface area contributed by atoms with Crippen LogP contribution in [0.15, 0.2) is 36.4 Å². The molecule has 6 nitrogen and oxygen atoms in total. The van der Waals surface area contributed by atoms with E-state index in [0.717, 1.165) is 24.1 Å². The number of hydrogen-bond acceptors (Lipinski definition) is 4. The highest BCUT2D eigenvalue weighted by Gasteiger charge is 2.28. The smallest absolute Gasteiger partial charge is 0.276 e. The maximum Gasteiger partial charge on any atom is 0.276 e. The molecule has 0 unspecified atom stereocenters. The molecular formula is C21H19ClFN3O3. The highest BCUT2D eigenvalue weighted by Crippen LogP contribution is 2.36. The van der Waals surface area contributed by atoms with Crippen molar-refractivity contribution in [2.45, 2.75) is 19.3 Å². The first-order chi connectivity index (χ1) is 14.0. The number of carbonyl (C=O) groups is 1. The van der Waals surface area contributed by atoms with Crippen LogP contribution in [-0.2, 0) is 12.8 Å². The van der Waals surface area contributed by atoms with Gasteiger partial charge in [-0.15, -0.1) is 0 Å². The highest BCUT2D eigenvalue weighted by atomic mass is 35.5. The van der Waals surface area contributed by atoms with Gasteiger partial charge in [0.15, 0.2) is 5.69 Å². The molecule has 2 aromatic carbocycles. The lowest BCUT2D eigenvalue weighted by atomic mass is 10.2. The number of amides is 1. The fourth-order valence-corrected chi connectivity index (χ4v) is 3.81.